The summed E-state index contributed by atoms with van der Waals surface area (Å²) >= 11 is 0. The Morgan fingerprint density at radius 3 is 2.73 bits per heavy atom. The number of aliphatic hydroxyl groups is 1. The summed E-state index contributed by atoms with van der Waals surface area (Å²) in [6.07, 6.45) is 2.11. The Bertz CT molecular complexity index is 216. The number of rotatable bonds is 3. The Morgan fingerprint density at radius 1 is 1.53 bits per heavy atom. The van der Waals surface area contributed by atoms with E-state index in [4.69, 9.17) is 0 Å². The molecule has 0 aromatic heterocycles. The summed E-state index contributed by atoms with van der Waals surface area (Å²) in [5.74, 6) is 0.939. The van der Waals surface area contributed by atoms with Gasteiger partial charge in [-0.1, -0.05) is 20.8 Å². The van der Waals surface area contributed by atoms with E-state index < -0.39 is 0 Å². The van der Waals surface area contributed by atoms with E-state index in [1.165, 1.54) is 0 Å². The van der Waals surface area contributed by atoms with Gasteiger partial charge in [0.2, 0.25) is 5.91 Å². The molecule has 1 aliphatic heterocycles. The fourth-order valence-electron chi connectivity index (χ4n) is 2.13. The Hall–Kier alpha value is -0.570. The van der Waals surface area contributed by atoms with Crippen LogP contribution in [0.15, 0.2) is 0 Å². The van der Waals surface area contributed by atoms with Crippen molar-refractivity contribution in [2.75, 3.05) is 13.1 Å². The maximum absolute atomic E-state index is 11.8. The van der Waals surface area contributed by atoms with Crippen LogP contribution in [0.2, 0.25) is 0 Å². The molecule has 0 bridgehead atoms. The quantitative estimate of drug-likeness (QED) is 0.774. The van der Waals surface area contributed by atoms with Crippen LogP contribution in [0.5, 0.6) is 0 Å². The number of aliphatic hydroxyl groups excluding tert-OH is 1. The highest BCUT2D eigenvalue weighted by Gasteiger charge is 2.28. The molecule has 0 aliphatic carbocycles. The van der Waals surface area contributed by atoms with Crippen molar-refractivity contribution < 1.29 is 9.90 Å². The van der Waals surface area contributed by atoms with Crippen molar-refractivity contribution >= 4 is 5.91 Å². The van der Waals surface area contributed by atoms with Gasteiger partial charge in [-0.05, 0) is 18.8 Å². The molecule has 1 heterocycles. The van der Waals surface area contributed by atoms with E-state index in [1.54, 1.807) is 0 Å². The molecule has 15 heavy (non-hydrogen) atoms. The molecule has 88 valence electrons. The van der Waals surface area contributed by atoms with Crippen molar-refractivity contribution in [2.24, 2.45) is 11.8 Å². The van der Waals surface area contributed by atoms with Crippen LogP contribution in [0, 0.1) is 11.8 Å². The van der Waals surface area contributed by atoms with Crippen molar-refractivity contribution in [1.82, 2.24) is 4.90 Å². The van der Waals surface area contributed by atoms with Crippen molar-refractivity contribution in [3.05, 3.63) is 0 Å². The topological polar surface area (TPSA) is 40.5 Å². The first-order valence-corrected chi connectivity index (χ1v) is 6.00. The zero-order chi connectivity index (χ0) is 11.4. The van der Waals surface area contributed by atoms with Gasteiger partial charge in [0.05, 0.1) is 6.10 Å². The highest BCUT2D eigenvalue weighted by molar-refractivity contribution is 5.76. The van der Waals surface area contributed by atoms with Crippen LogP contribution in [-0.4, -0.2) is 35.1 Å². The molecule has 0 aromatic carbocycles. The van der Waals surface area contributed by atoms with E-state index in [0.29, 0.717) is 12.3 Å². The number of carbonyl (C=O) groups is 1. The lowest BCUT2D eigenvalue weighted by Gasteiger charge is -2.36. The van der Waals surface area contributed by atoms with Gasteiger partial charge in [0.15, 0.2) is 0 Å². The average Bonchev–Trinajstić information content (AvgIpc) is 2.17. The molecule has 2 atom stereocenters. The number of hydrogen-bond acceptors (Lipinski definition) is 2. The van der Waals surface area contributed by atoms with Crippen molar-refractivity contribution in [3.8, 4) is 0 Å². The van der Waals surface area contributed by atoms with Crippen LogP contribution in [0.25, 0.3) is 0 Å². The minimum absolute atomic E-state index is 0.210. The minimum Gasteiger partial charge on any atom is -0.393 e. The van der Waals surface area contributed by atoms with E-state index in [1.807, 2.05) is 4.90 Å². The standard InChI is InChI=1S/C12H23NO2/c1-4-10-8-13(6-5-11(10)14)12(15)7-9(2)3/h9-11,14H,4-8H2,1-3H3. The lowest BCUT2D eigenvalue weighted by Crippen LogP contribution is -2.46. The monoisotopic (exact) mass is 213 g/mol. The van der Waals surface area contributed by atoms with Crippen LogP contribution >= 0.6 is 0 Å². The van der Waals surface area contributed by atoms with Crippen LogP contribution in [-0.2, 0) is 4.79 Å². The first-order chi connectivity index (χ1) is 7.04. The molecule has 3 heteroatoms. The normalized spacial score (nSPS) is 27.1. The van der Waals surface area contributed by atoms with E-state index in [2.05, 4.69) is 20.8 Å². The van der Waals surface area contributed by atoms with Gasteiger partial charge in [0, 0.05) is 25.4 Å². The Morgan fingerprint density at radius 2 is 2.20 bits per heavy atom. The molecule has 0 radical (unpaired) electrons. The van der Waals surface area contributed by atoms with Crippen LogP contribution in [0.1, 0.15) is 40.0 Å². The van der Waals surface area contributed by atoms with E-state index in [0.717, 1.165) is 25.9 Å². The Labute approximate surface area is 92.5 Å². The fourth-order valence-corrected chi connectivity index (χ4v) is 2.13. The molecule has 0 spiro atoms. The molecule has 0 aromatic rings. The number of amides is 1. The molecule has 1 rings (SSSR count). The summed E-state index contributed by atoms with van der Waals surface area (Å²) in [4.78, 5) is 13.7. The number of carbonyl (C=O) groups excluding carboxylic acids is 1. The second-order valence-electron chi connectivity index (χ2n) is 4.96. The predicted molar refractivity (Wildman–Crippen MR) is 60.4 cm³/mol. The summed E-state index contributed by atoms with van der Waals surface area (Å²) in [5.41, 5.74) is 0. The fraction of sp³-hybridized carbons (Fsp3) is 0.917. The highest BCUT2D eigenvalue weighted by Crippen LogP contribution is 2.21. The highest BCUT2D eigenvalue weighted by atomic mass is 16.3. The lowest BCUT2D eigenvalue weighted by atomic mass is 9.92. The molecule has 3 nitrogen and oxygen atoms in total. The van der Waals surface area contributed by atoms with E-state index >= 15 is 0 Å². The summed E-state index contributed by atoms with van der Waals surface area (Å²) in [5, 5.41) is 9.71. The molecular weight excluding hydrogens is 190 g/mol. The van der Waals surface area contributed by atoms with Gasteiger partial charge < -0.3 is 10.0 Å². The van der Waals surface area contributed by atoms with E-state index in [-0.39, 0.29) is 17.9 Å². The summed E-state index contributed by atoms with van der Waals surface area (Å²) in [6, 6.07) is 0. The minimum atomic E-state index is -0.210. The smallest absolute Gasteiger partial charge is 0.222 e. The van der Waals surface area contributed by atoms with Gasteiger partial charge in [-0.2, -0.15) is 0 Å². The van der Waals surface area contributed by atoms with Crippen LogP contribution in [0.4, 0.5) is 0 Å². The second kappa shape index (κ2) is 5.50. The van der Waals surface area contributed by atoms with Gasteiger partial charge in [0.25, 0.3) is 0 Å². The third-order valence-corrected chi connectivity index (χ3v) is 3.15. The molecule has 1 fully saturated rings. The third-order valence-electron chi connectivity index (χ3n) is 3.15. The number of likely N-dealkylation sites (tertiary alicyclic amines) is 1. The lowest BCUT2D eigenvalue weighted by molar-refractivity contribution is -0.135. The van der Waals surface area contributed by atoms with E-state index in [9.17, 15) is 9.90 Å². The number of nitrogens with zero attached hydrogens (tertiary/aromatic N) is 1. The SMILES string of the molecule is CCC1CN(C(=O)CC(C)C)CCC1O. The van der Waals surface area contributed by atoms with Gasteiger partial charge in [-0.3, -0.25) is 4.79 Å². The zero-order valence-electron chi connectivity index (χ0n) is 10.1. The molecule has 1 saturated heterocycles. The summed E-state index contributed by atoms with van der Waals surface area (Å²) < 4.78 is 0. The molecule has 1 aliphatic rings. The molecule has 1 N–H and O–H groups in total. The Balaban J connectivity index is 2.47. The maximum atomic E-state index is 11.8. The third kappa shape index (κ3) is 3.49. The molecule has 0 saturated carbocycles. The first-order valence-electron chi connectivity index (χ1n) is 6.00. The van der Waals surface area contributed by atoms with Gasteiger partial charge >= 0.3 is 0 Å². The average molecular weight is 213 g/mol. The number of piperidine rings is 1. The molecular formula is C12H23NO2. The van der Waals surface area contributed by atoms with Crippen molar-refractivity contribution in [3.63, 3.8) is 0 Å². The van der Waals surface area contributed by atoms with Gasteiger partial charge in [0.1, 0.15) is 0 Å². The van der Waals surface area contributed by atoms with Crippen LogP contribution in [0.3, 0.4) is 0 Å². The Kier molecular flexibility index (Phi) is 4.58. The second-order valence-corrected chi connectivity index (χ2v) is 4.96. The predicted octanol–water partition coefficient (Wildman–Crippen LogP) is 1.65. The number of hydrogen-bond donors (Lipinski definition) is 1. The van der Waals surface area contributed by atoms with Crippen molar-refractivity contribution in [2.45, 2.75) is 46.1 Å². The van der Waals surface area contributed by atoms with Gasteiger partial charge in [-0.15, -0.1) is 0 Å². The van der Waals surface area contributed by atoms with Crippen molar-refractivity contribution in [1.29, 1.82) is 0 Å². The van der Waals surface area contributed by atoms with Crippen LogP contribution < -0.4 is 0 Å². The summed E-state index contributed by atoms with van der Waals surface area (Å²) in [7, 11) is 0. The first kappa shape index (κ1) is 12.5. The maximum Gasteiger partial charge on any atom is 0.222 e. The molecule has 2 unspecified atom stereocenters. The summed E-state index contributed by atoms with van der Waals surface area (Å²) in [6.45, 7) is 7.67. The zero-order valence-corrected chi connectivity index (χ0v) is 10.1. The largest absolute Gasteiger partial charge is 0.393 e. The molecule has 1 amide bonds. The van der Waals surface area contributed by atoms with Gasteiger partial charge in [-0.25, -0.2) is 0 Å².